The first kappa shape index (κ1) is 18.8. The second-order valence-corrected chi connectivity index (χ2v) is 10.9. The van der Waals surface area contributed by atoms with Crippen LogP contribution in [-0.2, 0) is 9.47 Å². The van der Waals surface area contributed by atoms with E-state index in [2.05, 4.69) is 13.8 Å². The van der Waals surface area contributed by atoms with Crippen molar-refractivity contribution in [3.63, 3.8) is 0 Å². The van der Waals surface area contributed by atoms with Crippen LogP contribution in [0.3, 0.4) is 0 Å². The smallest absolute Gasteiger partial charge is 0.174 e. The van der Waals surface area contributed by atoms with Gasteiger partial charge in [0.25, 0.3) is 0 Å². The molecule has 0 aromatic carbocycles. The SMILES string of the molecule is C[C@@H](O)[C@H]1CC[C@H]2[C@H]3CC[C@H]4C[C@@H](O)CC[C@]4(C)[C@@H]3CC3(OCCO3)[C@]12C. The number of aliphatic hydroxyl groups excluding tert-OH is 2. The van der Waals surface area contributed by atoms with Gasteiger partial charge in [0.15, 0.2) is 5.79 Å². The summed E-state index contributed by atoms with van der Waals surface area (Å²) in [5.74, 6) is 2.30. The minimum Gasteiger partial charge on any atom is -0.393 e. The van der Waals surface area contributed by atoms with Crippen LogP contribution in [0, 0.1) is 40.4 Å². The molecule has 4 aliphatic carbocycles. The van der Waals surface area contributed by atoms with E-state index in [1.807, 2.05) is 6.92 Å². The van der Waals surface area contributed by atoms with Gasteiger partial charge in [0.05, 0.1) is 25.4 Å². The molecule has 9 atom stereocenters. The average molecular weight is 379 g/mol. The molecule has 0 bridgehead atoms. The molecule has 5 rings (SSSR count). The van der Waals surface area contributed by atoms with Crippen LogP contribution in [0.5, 0.6) is 0 Å². The highest BCUT2D eigenvalue weighted by atomic mass is 16.7. The van der Waals surface area contributed by atoms with Crippen LogP contribution in [0.15, 0.2) is 0 Å². The van der Waals surface area contributed by atoms with E-state index in [0.717, 1.165) is 32.1 Å². The molecule has 2 N–H and O–H groups in total. The van der Waals surface area contributed by atoms with Crippen molar-refractivity contribution in [1.82, 2.24) is 0 Å². The lowest BCUT2D eigenvalue weighted by Gasteiger charge is -2.65. The zero-order valence-corrected chi connectivity index (χ0v) is 17.3. The third kappa shape index (κ3) is 2.36. The molecule has 1 heterocycles. The summed E-state index contributed by atoms with van der Waals surface area (Å²) in [6, 6.07) is 0. The van der Waals surface area contributed by atoms with Gasteiger partial charge in [-0.1, -0.05) is 13.8 Å². The van der Waals surface area contributed by atoms with Gasteiger partial charge < -0.3 is 19.7 Å². The summed E-state index contributed by atoms with van der Waals surface area (Å²) in [5.41, 5.74) is 0.213. The lowest BCUT2D eigenvalue weighted by Crippen LogP contribution is -2.65. The van der Waals surface area contributed by atoms with E-state index in [1.165, 1.54) is 19.3 Å². The molecular formula is C23H38O4. The van der Waals surface area contributed by atoms with Gasteiger partial charge in [-0.05, 0) is 86.9 Å². The van der Waals surface area contributed by atoms with Gasteiger partial charge in [-0.2, -0.15) is 0 Å². The van der Waals surface area contributed by atoms with E-state index >= 15 is 0 Å². The van der Waals surface area contributed by atoms with Gasteiger partial charge in [-0.25, -0.2) is 0 Å². The molecule has 1 saturated heterocycles. The Morgan fingerprint density at radius 2 is 1.70 bits per heavy atom. The van der Waals surface area contributed by atoms with Crippen molar-refractivity contribution >= 4 is 0 Å². The summed E-state index contributed by atoms with van der Waals surface area (Å²) in [4.78, 5) is 0. The number of fused-ring (bicyclic) bond motifs is 6. The third-order valence-corrected chi connectivity index (χ3v) is 10.2. The molecule has 1 spiro atoms. The number of hydrogen-bond donors (Lipinski definition) is 2. The molecular weight excluding hydrogens is 340 g/mol. The van der Waals surface area contributed by atoms with E-state index in [-0.39, 0.29) is 23.5 Å². The largest absolute Gasteiger partial charge is 0.393 e. The number of ether oxygens (including phenoxy) is 2. The highest BCUT2D eigenvalue weighted by Gasteiger charge is 2.71. The Hall–Kier alpha value is -0.160. The van der Waals surface area contributed by atoms with E-state index in [4.69, 9.17) is 9.47 Å². The standard InChI is InChI=1S/C23H38O4/c1-14(24)18-6-7-19-17-5-4-15-12-16(25)8-9-21(15,2)20(17)13-23(22(18,19)3)26-10-11-27-23/h14-20,24-25H,4-13H2,1-3H3/t14-,15+,16+,17-,18-,19+,20-,21+,22-/m1/s1. The summed E-state index contributed by atoms with van der Waals surface area (Å²) in [7, 11) is 0. The lowest BCUT2D eigenvalue weighted by atomic mass is 9.43. The Balaban J connectivity index is 1.56. The van der Waals surface area contributed by atoms with Crippen molar-refractivity contribution in [2.75, 3.05) is 13.2 Å². The van der Waals surface area contributed by atoms with E-state index in [1.54, 1.807) is 0 Å². The van der Waals surface area contributed by atoms with Crippen molar-refractivity contribution in [1.29, 1.82) is 0 Å². The fraction of sp³-hybridized carbons (Fsp3) is 1.00. The first-order valence-corrected chi connectivity index (χ1v) is 11.5. The van der Waals surface area contributed by atoms with Gasteiger partial charge in [0.1, 0.15) is 0 Å². The van der Waals surface area contributed by atoms with Gasteiger partial charge in [0, 0.05) is 11.8 Å². The minimum absolute atomic E-state index is 0.0871. The zero-order valence-electron chi connectivity index (χ0n) is 17.3. The summed E-state index contributed by atoms with van der Waals surface area (Å²) in [5, 5.41) is 20.9. The molecule has 0 radical (unpaired) electrons. The topological polar surface area (TPSA) is 58.9 Å². The van der Waals surface area contributed by atoms with Gasteiger partial charge in [-0.15, -0.1) is 0 Å². The van der Waals surface area contributed by atoms with Crippen LogP contribution in [0.1, 0.15) is 72.1 Å². The fourth-order valence-electron chi connectivity index (χ4n) is 8.88. The van der Waals surface area contributed by atoms with Crippen LogP contribution in [0.25, 0.3) is 0 Å². The highest BCUT2D eigenvalue weighted by Crippen LogP contribution is 2.71. The molecule has 27 heavy (non-hydrogen) atoms. The van der Waals surface area contributed by atoms with Gasteiger partial charge in [0.2, 0.25) is 0 Å². The molecule has 4 saturated carbocycles. The second-order valence-electron chi connectivity index (χ2n) is 10.9. The first-order chi connectivity index (χ1) is 12.8. The predicted octanol–water partition coefficient (Wildman–Crippen LogP) is 3.74. The predicted molar refractivity (Wildman–Crippen MR) is 103 cm³/mol. The summed E-state index contributed by atoms with van der Waals surface area (Å²) < 4.78 is 13.0. The van der Waals surface area contributed by atoms with Gasteiger partial charge in [-0.3, -0.25) is 0 Å². The van der Waals surface area contributed by atoms with Crippen molar-refractivity contribution in [3.05, 3.63) is 0 Å². The third-order valence-electron chi connectivity index (χ3n) is 10.2. The number of rotatable bonds is 1. The maximum absolute atomic E-state index is 10.6. The zero-order chi connectivity index (χ0) is 19.0. The van der Waals surface area contributed by atoms with Crippen LogP contribution < -0.4 is 0 Å². The number of hydrogen-bond acceptors (Lipinski definition) is 4. The molecule has 0 aromatic heterocycles. The van der Waals surface area contributed by atoms with E-state index < -0.39 is 5.79 Å². The Labute approximate surface area is 164 Å². The van der Waals surface area contributed by atoms with Crippen LogP contribution in [-0.4, -0.2) is 41.4 Å². The first-order valence-electron chi connectivity index (χ1n) is 11.5. The maximum Gasteiger partial charge on any atom is 0.174 e. The molecule has 5 fully saturated rings. The van der Waals surface area contributed by atoms with E-state index in [0.29, 0.717) is 42.3 Å². The molecule has 5 aliphatic rings. The fourth-order valence-corrected chi connectivity index (χ4v) is 8.88. The van der Waals surface area contributed by atoms with Crippen LogP contribution in [0.4, 0.5) is 0 Å². The minimum atomic E-state index is -0.516. The van der Waals surface area contributed by atoms with Crippen LogP contribution >= 0.6 is 0 Å². The monoisotopic (exact) mass is 378 g/mol. The summed E-state index contributed by atoms with van der Waals surface area (Å²) in [6.07, 6.45) is 8.47. The molecule has 154 valence electrons. The quantitative estimate of drug-likeness (QED) is 0.730. The number of aliphatic hydroxyl groups is 2. The summed E-state index contributed by atoms with van der Waals surface area (Å²) >= 11 is 0. The summed E-state index contributed by atoms with van der Waals surface area (Å²) in [6.45, 7) is 8.22. The Bertz CT molecular complexity index is 585. The Kier molecular flexibility index (Phi) is 4.30. The molecule has 0 amide bonds. The molecule has 4 nitrogen and oxygen atoms in total. The van der Waals surface area contributed by atoms with Crippen LogP contribution in [0.2, 0.25) is 0 Å². The molecule has 1 aliphatic heterocycles. The maximum atomic E-state index is 10.6. The second kappa shape index (κ2) is 6.17. The average Bonchev–Trinajstić information content (AvgIpc) is 3.23. The Morgan fingerprint density at radius 3 is 2.41 bits per heavy atom. The normalized spacial score (nSPS) is 55.0. The molecule has 0 unspecified atom stereocenters. The van der Waals surface area contributed by atoms with E-state index in [9.17, 15) is 10.2 Å². The van der Waals surface area contributed by atoms with Crippen molar-refractivity contribution < 1.29 is 19.7 Å². The van der Waals surface area contributed by atoms with Gasteiger partial charge >= 0.3 is 0 Å². The Morgan fingerprint density at radius 1 is 0.963 bits per heavy atom. The highest BCUT2D eigenvalue weighted by molar-refractivity contribution is 5.16. The van der Waals surface area contributed by atoms with Crippen molar-refractivity contribution in [2.45, 2.75) is 90.1 Å². The molecule has 4 heteroatoms. The lowest BCUT2D eigenvalue weighted by molar-refractivity contribution is -0.315. The molecule has 0 aromatic rings. The van der Waals surface area contributed by atoms with Crippen molar-refractivity contribution in [2.24, 2.45) is 40.4 Å². The van der Waals surface area contributed by atoms with Crippen molar-refractivity contribution in [3.8, 4) is 0 Å².